The van der Waals surface area contributed by atoms with Gasteiger partial charge in [0, 0.05) is 6.54 Å². The predicted molar refractivity (Wildman–Crippen MR) is 69.6 cm³/mol. The second-order valence-corrected chi connectivity index (χ2v) is 6.56. The molecule has 2 aliphatic rings. The van der Waals surface area contributed by atoms with E-state index < -0.39 is 0 Å². The van der Waals surface area contributed by atoms with Crippen molar-refractivity contribution in [3.05, 3.63) is 0 Å². The Hall–Kier alpha value is -0.570. The summed E-state index contributed by atoms with van der Waals surface area (Å²) in [6.45, 7) is 9.68. The maximum Gasteiger partial charge on any atom is 0.244 e. The van der Waals surface area contributed by atoms with Crippen LogP contribution in [0.25, 0.3) is 0 Å². The lowest BCUT2D eigenvalue weighted by Crippen LogP contribution is -2.45. The zero-order chi connectivity index (χ0) is 12.7. The lowest BCUT2D eigenvalue weighted by Gasteiger charge is -2.31. The number of nitrogens with one attached hydrogen (secondary N) is 1. The molecule has 3 nitrogen and oxygen atoms in total. The molecule has 1 saturated heterocycles. The van der Waals surface area contributed by atoms with Crippen molar-refractivity contribution in [2.45, 2.75) is 71.5 Å². The normalized spacial score (nSPS) is 28.4. The molecule has 1 saturated carbocycles. The minimum atomic E-state index is -0.205. The molecule has 1 N–H and O–H groups in total. The Balaban J connectivity index is 2.11. The van der Waals surface area contributed by atoms with E-state index in [9.17, 15) is 4.79 Å². The molecule has 1 amide bonds. The van der Waals surface area contributed by atoms with Gasteiger partial charge >= 0.3 is 0 Å². The standard InChI is InChI=1S/C14H26N2O/c1-5-13(3,4)10-16-11(2)15-14(12(16)17)8-6-7-9-14/h11,15H,5-10H2,1-4H3. The molecule has 0 radical (unpaired) electrons. The minimum absolute atomic E-state index is 0.200. The summed E-state index contributed by atoms with van der Waals surface area (Å²) in [5.74, 6) is 0.351. The first-order chi connectivity index (χ1) is 7.90. The molecule has 3 heteroatoms. The maximum absolute atomic E-state index is 12.6. The average Bonchev–Trinajstić information content (AvgIpc) is 2.81. The van der Waals surface area contributed by atoms with Crippen molar-refractivity contribution in [2.75, 3.05) is 6.54 Å². The van der Waals surface area contributed by atoms with Crippen LogP contribution in [0.1, 0.15) is 59.8 Å². The highest BCUT2D eigenvalue weighted by Crippen LogP contribution is 2.37. The highest BCUT2D eigenvalue weighted by atomic mass is 16.2. The van der Waals surface area contributed by atoms with Crippen molar-refractivity contribution in [1.82, 2.24) is 10.2 Å². The minimum Gasteiger partial charge on any atom is -0.325 e. The largest absolute Gasteiger partial charge is 0.325 e. The number of carbonyl (C=O) groups is 1. The van der Waals surface area contributed by atoms with Crippen LogP contribution in [0.15, 0.2) is 0 Å². The molecule has 0 aromatic rings. The molecule has 1 aliphatic carbocycles. The SMILES string of the molecule is CCC(C)(C)CN1C(=O)C2(CCCC2)NC1C. The number of nitrogens with zero attached hydrogens (tertiary/aromatic N) is 1. The van der Waals surface area contributed by atoms with E-state index in [1.807, 2.05) is 0 Å². The molecular formula is C14H26N2O. The molecule has 2 fully saturated rings. The predicted octanol–water partition coefficient (Wildman–Crippen LogP) is 2.51. The van der Waals surface area contributed by atoms with E-state index in [-0.39, 0.29) is 17.1 Å². The third-order valence-electron chi connectivity index (χ3n) is 4.64. The topological polar surface area (TPSA) is 32.3 Å². The van der Waals surface area contributed by atoms with E-state index in [4.69, 9.17) is 0 Å². The summed E-state index contributed by atoms with van der Waals surface area (Å²) in [5.41, 5.74) is 0.0129. The molecule has 17 heavy (non-hydrogen) atoms. The summed E-state index contributed by atoms with van der Waals surface area (Å²) in [4.78, 5) is 14.7. The van der Waals surface area contributed by atoms with Gasteiger partial charge in [0.05, 0.1) is 11.7 Å². The molecule has 1 atom stereocenters. The van der Waals surface area contributed by atoms with E-state index in [2.05, 4.69) is 37.9 Å². The van der Waals surface area contributed by atoms with Gasteiger partial charge in [0.25, 0.3) is 0 Å². The zero-order valence-electron chi connectivity index (χ0n) is 11.7. The monoisotopic (exact) mass is 238 g/mol. The molecule has 0 bridgehead atoms. The lowest BCUT2D eigenvalue weighted by molar-refractivity contribution is -0.134. The van der Waals surface area contributed by atoms with Gasteiger partial charge in [0.2, 0.25) is 5.91 Å². The van der Waals surface area contributed by atoms with Crippen molar-refractivity contribution in [2.24, 2.45) is 5.41 Å². The van der Waals surface area contributed by atoms with Crippen LogP contribution in [-0.4, -0.2) is 29.1 Å². The Labute approximate surface area is 105 Å². The van der Waals surface area contributed by atoms with Crippen molar-refractivity contribution in [3.63, 3.8) is 0 Å². The Bertz CT molecular complexity index is 305. The summed E-state index contributed by atoms with van der Waals surface area (Å²) < 4.78 is 0. The van der Waals surface area contributed by atoms with Crippen LogP contribution < -0.4 is 5.32 Å². The van der Waals surface area contributed by atoms with Gasteiger partial charge in [0.15, 0.2) is 0 Å². The molecule has 1 aliphatic heterocycles. The summed E-state index contributed by atoms with van der Waals surface area (Å²) >= 11 is 0. The second kappa shape index (κ2) is 4.27. The summed E-state index contributed by atoms with van der Waals surface area (Å²) in [5, 5.41) is 3.55. The van der Waals surface area contributed by atoms with Gasteiger partial charge in [-0.3, -0.25) is 10.1 Å². The first-order valence-electron chi connectivity index (χ1n) is 6.99. The summed E-state index contributed by atoms with van der Waals surface area (Å²) in [7, 11) is 0. The fourth-order valence-electron chi connectivity index (χ4n) is 3.11. The third-order valence-corrected chi connectivity index (χ3v) is 4.64. The number of rotatable bonds is 3. The summed E-state index contributed by atoms with van der Waals surface area (Å²) in [6.07, 6.45) is 5.74. The number of amides is 1. The molecule has 0 aromatic heterocycles. The van der Waals surface area contributed by atoms with Crippen LogP contribution in [-0.2, 0) is 4.79 Å². The number of carbonyl (C=O) groups excluding carboxylic acids is 1. The van der Waals surface area contributed by atoms with E-state index >= 15 is 0 Å². The molecular weight excluding hydrogens is 212 g/mol. The van der Waals surface area contributed by atoms with E-state index in [0.717, 1.165) is 25.8 Å². The van der Waals surface area contributed by atoms with Crippen LogP contribution in [0.2, 0.25) is 0 Å². The molecule has 1 spiro atoms. The first kappa shape index (κ1) is 12.9. The summed E-state index contributed by atoms with van der Waals surface area (Å²) in [6, 6.07) is 0. The van der Waals surface area contributed by atoms with Crippen molar-refractivity contribution in [3.8, 4) is 0 Å². The molecule has 2 rings (SSSR count). The highest BCUT2D eigenvalue weighted by molar-refractivity contribution is 5.89. The molecule has 1 heterocycles. The highest BCUT2D eigenvalue weighted by Gasteiger charge is 2.51. The smallest absolute Gasteiger partial charge is 0.244 e. The Morgan fingerprint density at radius 2 is 2.00 bits per heavy atom. The average molecular weight is 238 g/mol. The van der Waals surface area contributed by atoms with Crippen molar-refractivity contribution < 1.29 is 4.79 Å². The van der Waals surface area contributed by atoms with Crippen LogP contribution in [0.5, 0.6) is 0 Å². The van der Waals surface area contributed by atoms with Crippen LogP contribution in [0.4, 0.5) is 0 Å². The lowest BCUT2D eigenvalue weighted by atomic mass is 9.89. The van der Waals surface area contributed by atoms with Gasteiger partial charge in [-0.15, -0.1) is 0 Å². The van der Waals surface area contributed by atoms with Crippen molar-refractivity contribution in [1.29, 1.82) is 0 Å². The van der Waals surface area contributed by atoms with E-state index in [1.54, 1.807) is 0 Å². The van der Waals surface area contributed by atoms with Gasteiger partial charge in [-0.2, -0.15) is 0 Å². The van der Waals surface area contributed by atoms with Crippen molar-refractivity contribution >= 4 is 5.91 Å². The Kier molecular flexibility index (Phi) is 3.23. The number of hydrogen-bond acceptors (Lipinski definition) is 2. The fourth-order valence-corrected chi connectivity index (χ4v) is 3.11. The van der Waals surface area contributed by atoms with Gasteiger partial charge < -0.3 is 4.90 Å². The van der Waals surface area contributed by atoms with Crippen LogP contribution in [0, 0.1) is 5.41 Å². The van der Waals surface area contributed by atoms with Gasteiger partial charge in [-0.05, 0) is 31.6 Å². The molecule has 0 aromatic carbocycles. The maximum atomic E-state index is 12.6. The Morgan fingerprint density at radius 1 is 1.41 bits per heavy atom. The van der Waals surface area contributed by atoms with E-state index in [1.165, 1.54) is 12.8 Å². The Morgan fingerprint density at radius 3 is 2.53 bits per heavy atom. The third kappa shape index (κ3) is 2.22. The first-order valence-corrected chi connectivity index (χ1v) is 6.99. The van der Waals surface area contributed by atoms with Gasteiger partial charge in [-0.1, -0.05) is 33.6 Å². The van der Waals surface area contributed by atoms with E-state index in [0.29, 0.717) is 5.91 Å². The zero-order valence-corrected chi connectivity index (χ0v) is 11.7. The fraction of sp³-hybridized carbons (Fsp3) is 0.929. The quantitative estimate of drug-likeness (QED) is 0.819. The van der Waals surface area contributed by atoms with Gasteiger partial charge in [0.1, 0.15) is 0 Å². The van der Waals surface area contributed by atoms with Gasteiger partial charge in [-0.25, -0.2) is 0 Å². The van der Waals surface area contributed by atoms with Crippen LogP contribution in [0.3, 0.4) is 0 Å². The van der Waals surface area contributed by atoms with Crippen LogP contribution >= 0.6 is 0 Å². The molecule has 98 valence electrons. The molecule has 1 unspecified atom stereocenters. The number of hydrogen-bond donors (Lipinski definition) is 1. The second-order valence-electron chi connectivity index (χ2n) is 6.56.